The maximum atomic E-state index is 13.1. The molecule has 26 heavy (non-hydrogen) atoms. The summed E-state index contributed by atoms with van der Waals surface area (Å²) < 4.78 is 0. The van der Waals surface area contributed by atoms with Gasteiger partial charge in [0.05, 0.1) is 24.1 Å². The number of anilines is 2. The van der Waals surface area contributed by atoms with E-state index in [9.17, 15) is 4.79 Å². The van der Waals surface area contributed by atoms with Gasteiger partial charge in [0.25, 0.3) is 5.91 Å². The van der Waals surface area contributed by atoms with Crippen molar-refractivity contribution in [3.8, 4) is 0 Å². The molecule has 6 nitrogen and oxygen atoms in total. The molecule has 4 rings (SSSR count). The molecular weight excluding hydrogens is 326 g/mol. The third-order valence-electron chi connectivity index (χ3n) is 5.35. The quantitative estimate of drug-likeness (QED) is 0.917. The van der Waals surface area contributed by atoms with Crippen molar-refractivity contribution in [1.82, 2.24) is 14.9 Å². The summed E-state index contributed by atoms with van der Waals surface area (Å²) in [6.07, 6.45) is 7.90. The number of benzene rings is 1. The molecule has 0 bridgehead atoms. The highest BCUT2D eigenvalue weighted by Gasteiger charge is 2.32. The average molecular weight is 351 g/mol. The summed E-state index contributed by atoms with van der Waals surface area (Å²) >= 11 is 0. The summed E-state index contributed by atoms with van der Waals surface area (Å²) in [6, 6.07) is 8.07. The van der Waals surface area contributed by atoms with Crippen LogP contribution < -0.4 is 10.2 Å². The van der Waals surface area contributed by atoms with Gasteiger partial charge in [-0.05, 0) is 49.9 Å². The Balaban J connectivity index is 1.52. The first-order valence-corrected chi connectivity index (χ1v) is 9.42. The van der Waals surface area contributed by atoms with E-state index in [4.69, 9.17) is 0 Å². The molecule has 1 N–H and O–H groups in total. The van der Waals surface area contributed by atoms with Crippen molar-refractivity contribution in [1.29, 1.82) is 0 Å². The first-order chi connectivity index (χ1) is 12.8. The minimum absolute atomic E-state index is 0.00144. The van der Waals surface area contributed by atoms with Gasteiger partial charge in [-0.1, -0.05) is 0 Å². The molecule has 6 heteroatoms. The summed E-state index contributed by atoms with van der Waals surface area (Å²) in [5.74, 6) is 0.814. The number of carbonyl (C=O) groups excluding carboxylic acids is 1. The van der Waals surface area contributed by atoms with Crippen molar-refractivity contribution in [2.24, 2.45) is 0 Å². The van der Waals surface area contributed by atoms with Crippen LogP contribution in [0.15, 0.2) is 36.7 Å². The van der Waals surface area contributed by atoms with Gasteiger partial charge in [-0.3, -0.25) is 9.78 Å². The number of hydrogen-bond donors (Lipinski definition) is 1. The summed E-state index contributed by atoms with van der Waals surface area (Å²) in [4.78, 5) is 26.2. The molecule has 1 unspecified atom stereocenters. The molecule has 2 saturated heterocycles. The highest BCUT2D eigenvalue weighted by Crippen LogP contribution is 2.32. The molecule has 1 aromatic heterocycles. The summed E-state index contributed by atoms with van der Waals surface area (Å²) in [7, 11) is 1.83. The normalized spacial score (nSPS) is 19.8. The van der Waals surface area contributed by atoms with Gasteiger partial charge in [-0.15, -0.1) is 0 Å². The van der Waals surface area contributed by atoms with Gasteiger partial charge in [0, 0.05) is 37.9 Å². The lowest BCUT2D eigenvalue weighted by atomic mass is 10.1. The Morgan fingerprint density at radius 3 is 2.58 bits per heavy atom. The van der Waals surface area contributed by atoms with Crippen molar-refractivity contribution in [3.05, 3.63) is 47.9 Å². The minimum atomic E-state index is 0.00144. The van der Waals surface area contributed by atoms with Gasteiger partial charge in [0.15, 0.2) is 0 Å². The molecule has 0 radical (unpaired) electrons. The van der Waals surface area contributed by atoms with E-state index in [1.807, 2.05) is 24.1 Å². The Bertz CT molecular complexity index is 770. The summed E-state index contributed by atoms with van der Waals surface area (Å²) in [6.45, 7) is 2.99. The summed E-state index contributed by atoms with van der Waals surface area (Å²) in [5.41, 5.74) is 2.82. The molecule has 2 aliphatic rings. The zero-order valence-electron chi connectivity index (χ0n) is 15.2. The Hall–Kier alpha value is -2.63. The molecule has 1 aromatic carbocycles. The molecule has 2 fully saturated rings. The van der Waals surface area contributed by atoms with E-state index in [0.717, 1.165) is 49.6 Å². The fraction of sp³-hybridized carbons (Fsp3) is 0.450. The monoisotopic (exact) mass is 351 g/mol. The number of nitrogens with zero attached hydrogens (tertiary/aromatic N) is 4. The number of carbonyl (C=O) groups is 1. The SMILES string of the molecule is CNc1cncc(C2CCCN2C(=O)c2ccc(N3CCCC3)cc2)n1. The predicted octanol–water partition coefficient (Wildman–Crippen LogP) is 3.10. The van der Waals surface area contributed by atoms with E-state index in [2.05, 4.69) is 32.3 Å². The predicted molar refractivity (Wildman–Crippen MR) is 102 cm³/mol. The van der Waals surface area contributed by atoms with E-state index in [-0.39, 0.29) is 11.9 Å². The third kappa shape index (κ3) is 3.23. The number of likely N-dealkylation sites (tertiary alicyclic amines) is 1. The number of rotatable bonds is 4. The fourth-order valence-electron chi connectivity index (χ4n) is 3.94. The molecule has 2 aromatic rings. The van der Waals surface area contributed by atoms with Crippen LogP contribution in [0.4, 0.5) is 11.5 Å². The molecular formula is C20H25N5O. The third-order valence-corrected chi connectivity index (χ3v) is 5.35. The lowest BCUT2D eigenvalue weighted by molar-refractivity contribution is 0.0733. The van der Waals surface area contributed by atoms with Crippen LogP contribution in [0.2, 0.25) is 0 Å². The highest BCUT2D eigenvalue weighted by atomic mass is 16.2. The maximum absolute atomic E-state index is 13.1. The Morgan fingerprint density at radius 2 is 1.85 bits per heavy atom. The lowest BCUT2D eigenvalue weighted by Gasteiger charge is -2.25. The number of nitrogens with one attached hydrogen (secondary N) is 1. The number of amides is 1. The second-order valence-electron chi connectivity index (χ2n) is 6.98. The Labute approximate surface area is 154 Å². The molecule has 3 heterocycles. The van der Waals surface area contributed by atoms with Gasteiger partial charge >= 0.3 is 0 Å². The maximum Gasteiger partial charge on any atom is 0.254 e. The van der Waals surface area contributed by atoms with Gasteiger partial charge < -0.3 is 15.1 Å². The van der Waals surface area contributed by atoms with Crippen LogP contribution in [0, 0.1) is 0 Å². The molecule has 0 spiro atoms. The average Bonchev–Trinajstić information content (AvgIpc) is 3.39. The second-order valence-corrected chi connectivity index (χ2v) is 6.98. The zero-order valence-corrected chi connectivity index (χ0v) is 15.2. The second kappa shape index (κ2) is 7.32. The molecule has 0 saturated carbocycles. The van der Waals surface area contributed by atoms with Crippen LogP contribution in [0.25, 0.3) is 0 Å². The number of aromatic nitrogens is 2. The highest BCUT2D eigenvalue weighted by molar-refractivity contribution is 5.95. The topological polar surface area (TPSA) is 61.4 Å². The van der Waals surface area contributed by atoms with E-state index in [1.54, 1.807) is 12.4 Å². The van der Waals surface area contributed by atoms with Gasteiger partial charge in [-0.25, -0.2) is 4.98 Å². The molecule has 2 aliphatic heterocycles. The molecule has 136 valence electrons. The Morgan fingerprint density at radius 1 is 1.08 bits per heavy atom. The van der Waals surface area contributed by atoms with Crippen molar-refractivity contribution in [2.45, 2.75) is 31.7 Å². The van der Waals surface area contributed by atoms with E-state index < -0.39 is 0 Å². The molecule has 1 amide bonds. The van der Waals surface area contributed by atoms with Crippen molar-refractivity contribution in [3.63, 3.8) is 0 Å². The van der Waals surface area contributed by atoms with Crippen LogP contribution in [0.1, 0.15) is 47.8 Å². The number of hydrogen-bond acceptors (Lipinski definition) is 5. The van der Waals surface area contributed by atoms with Crippen LogP contribution in [-0.4, -0.2) is 47.5 Å². The summed E-state index contributed by atoms with van der Waals surface area (Å²) in [5, 5.41) is 3.02. The minimum Gasteiger partial charge on any atom is -0.372 e. The zero-order chi connectivity index (χ0) is 17.9. The lowest BCUT2D eigenvalue weighted by Crippen LogP contribution is -2.31. The van der Waals surface area contributed by atoms with Crippen LogP contribution in [0.3, 0.4) is 0 Å². The first kappa shape index (κ1) is 16.8. The van der Waals surface area contributed by atoms with E-state index in [1.165, 1.54) is 18.5 Å². The van der Waals surface area contributed by atoms with Crippen molar-refractivity contribution in [2.75, 3.05) is 36.9 Å². The van der Waals surface area contributed by atoms with Crippen LogP contribution in [0.5, 0.6) is 0 Å². The van der Waals surface area contributed by atoms with Crippen molar-refractivity contribution >= 4 is 17.4 Å². The van der Waals surface area contributed by atoms with Crippen LogP contribution in [-0.2, 0) is 0 Å². The molecule has 1 atom stereocenters. The standard InChI is InChI=1S/C20H25N5O/c1-21-19-14-22-13-17(23-19)18-5-4-12-25(18)20(26)15-6-8-16(9-7-15)24-10-2-3-11-24/h6-9,13-14,18H,2-5,10-12H2,1H3,(H,21,23). The first-order valence-electron chi connectivity index (χ1n) is 9.42. The fourth-order valence-corrected chi connectivity index (χ4v) is 3.94. The van der Waals surface area contributed by atoms with E-state index in [0.29, 0.717) is 0 Å². The van der Waals surface area contributed by atoms with Crippen LogP contribution >= 0.6 is 0 Å². The van der Waals surface area contributed by atoms with Gasteiger partial charge in [0.1, 0.15) is 5.82 Å². The van der Waals surface area contributed by atoms with Gasteiger partial charge in [0.2, 0.25) is 0 Å². The largest absolute Gasteiger partial charge is 0.372 e. The van der Waals surface area contributed by atoms with Gasteiger partial charge in [-0.2, -0.15) is 0 Å². The Kier molecular flexibility index (Phi) is 4.73. The van der Waals surface area contributed by atoms with E-state index >= 15 is 0 Å². The molecule has 0 aliphatic carbocycles. The smallest absolute Gasteiger partial charge is 0.254 e. The van der Waals surface area contributed by atoms with Crippen molar-refractivity contribution < 1.29 is 4.79 Å².